The highest BCUT2D eigenvalue weighted by Gasteiger charge is 2.17. The van der Waals surface area contributed by atoms with E-state index in [0.717, 1.165) is 38.7 Å². The number of unbranched alkanes of at least 4 members (excludes halogenated alkanes) is 3. The van der Waals surface area contributed by atoms with Crippen LogP contribution in [0, 0.1) is 0 Å². The maximum absolute atomic E-state index is 11.9. The molecule has 0 aromatic rings. The highest BCUT2D eigenvalue weighted by atomic mass is 127. The zero-order chi connectivity index (χ0) is 17.0. The Balaban J connectivity index is 0.00000529. The highest BCUT2D eigenvalue weighted by Crippen LogP contribution is 2.11. The minimum Gasteiger partial charge on any atom is -0.377 e. The first-order valence-corrected chi connectivity index (χ1v) is 10.3. The summed E-state index contributed by atoms with van der Waals surface area (Å²) < 4.78 is 31.9. The van der Waals surface area contributed by atoms with Crippen molar-refractivity contribution in [3.05, 3.63) is 0 Å². The lowest BCUT2D eigenvalue weighted by Gasteiger charge is -2.22. The number of ether oxygens (including phenoxy) is 1. The Morgan fingerprint density at radius 2 is 2.08 bits per heavy atom. The van der Waals surface area contributed by atoms with Crippen molar-refractivity contribution in [2.45, 2.75) is 58.0 Å². The normalized spacial score (nSPS) is 18.9. The zero-order valence-electron chi connectivity index (χ0n) is 14.6. The quantitative estimate of drug-likeness (QED) is 0.182. The molecule has 144 valence electrons. The third kappa shape index (κ3) is 12.3. The van der Waals surface area contributed by atoms with Crippen LogP contribution in [-0.4, -0.2) is 52.5 Å². The van der Waals surface area contributed by atoms with E-state index in [-0.39, 0.29) is 42.4 Å². The van der Waals surface area contributed by atoms with Crippen LogP contribution in [0.5, 0.6) is 0 Å². The lowest BCUT2D eigenvalue weighted by atomic mass is 10.1. The minimum atomic E-state index is -3.31. The first-order valence-electron chi connectivity index (χ1n) is 8.66. The van der Waals surface area contributed by atoms with Gasteiger partial charge in [0.2, 0.25) is 10.0 Å². The second-order valence-corrected chi connectivity index (χ2v) is 7.84. The molecule has 9 heteroatoms. The summed E-state index contributed by atoms with van der Waals surface area (Å²) in [4.78, 5) is 4.18. The number of halogens is 1. The highest BCUT2D eigenvalue weighted by molar-refractivity contribution is 14.0. The molecule has 1 unspecified atom stereocenters. The summed E-state index contributed by atoms with van der Waals surface area (Å²) in [5, 5.41) is 2.84. The Bertz CT molecular complexity index is 440. The summed E-state index contributed by atoms with van der Waals surface area (Å²) in [7, 11) is -3.31. The molecule has 0 amide bonds. The molecule has 1 atom stereocenters. The molecule has 0 saturated carbocycles. The van der Waals surface area contributed by atoms with Crippen LogP contribution in [0.1, 0.15) is 51.9 Å². The Kier molecular flexibility index (Phi) is 14.0. The molecule has 1 aliphatic heterocycles. The van der Waals surface area contributed by atoms with Gasteiger partial charge in [-0.3, -0.25) is 4.99 Å². The van der Waals surface area contributed by atoms with Crippen LogP contribution in [0.2, 0.25) is 0 Å². The molecule has 0 bridgehead atoms. The van der Waals surface area contributed by atoms with Gasteiger partial charge in [0.1, 0.15) is 0 Å². The lowest BCUT2D eigenvalue weighted by molar-refractivity contribution is 0.0200. The van der Waals surface area contributed by atoms with Gasteiger partial charge in [-0.05, 0) is 25.7 Å². The molecule has 0 aromatic carbocycles. The summed E-state index contributed by atoms with van der Waals surface area (Å²) in [6, 6.07) is 0. The summed E-state index contributed by atoms with van der Waals surface area (Å²) in [5.74, 6) is 0.290. The largest absolute Gasteiger partial charge is 0.377 e. The first kappa shape index (κ1) is 23.9. The van der Waals surface area contributed by atoms with Crippen molar-refractivity contribution in [3.63, 3.8) is 0 Å². The van der Waals surface area contributed by atoms with Crippen LogP contribution in [0.4, 0.5) is 0 Å². The molecule has 1 aliphatic rings. The van der Waals surface area contributed by atoms with Crippen LogP contribution < -0.4 is 15.8 Å². The molecular weight excluding hydrogens is 443 g/mol. The summed E-state index contributed by atoms with van der Waals surface area (Å²) >= 11 is 0. The fourth-order valence-corrected chi connectivity index (χ4v) is 3.32. The predicted octanol–water partition coefficient (Wildman–Crippen LogP) is 1.58. The molecule has 1 heterocycles. The number of hydrogen-bond acceptors (Lipinski definition) is 4. The van der Waals surface area contributed by atoms with Crippen LogP contribution in [-0.2, 0) is 14.8 Å². The number of rotatable bonds is 11. The van der Waals surface area contributed by atoms with Crippen molar-refractivity contribution in [3.8, 4) is 0 Å². The van der Waals surface area contributed by atoms with Crippen LogP contribution >= 0.6 is 24.0 Å². The fourth-order valence-electron chi connectivity index (χ4n) is 2.37. The van der Waals surface area contributed by atoms with E-state index in [9.17, 15) is 8.42 Å². The van der Waals surface area contributed by atoms with Gasteiger partial charge in [-0.1, -0.05) is 26.2 Å². The van der Waals surface area contributed by atoms with E-state index in [4.69, 9.17) is 10.5 Å². The maximum Gasteiger partial charge on any atom is 0.213 e. The topological polar surface area (TPSA) is 106 Å². The van der Waals surface area contributed by atoms with Gasteiger partial charge in [0, 0.05) is 26.2 Å². The number of aliphatic imine (C=N–C) groups is 1. The summed E-state index contributed by atoms with van der Waals surface area (Å²) in [5.41, 5.74) is 5.71. The predicted molar refractivity (Wildman–Crippen MR) is 109 cm³/mol. The van der Waals surface area contributed by atoms with Gasteiger partial charge in [-0.15, -0.1) is 24.0 Å². The van der Waals surface area contributed by atoms with Crippen molar-refractivity contribution >= 4 is 40.0 Å². The molecule has 1 fully saturated rings. The molecule has 0 aliphatic carbocycles. The van der Waals surface area contributed by atoms with Crippen molar-refractivity contribution in [1.29, 1.82) is 0 Å². The Morgan fingerprint density at radius 1 is 1.29 bits per heavy atom. The van der Waals surface area contributed by atoms with Gasteiger partial charge >= 0.3 is 0 Å². The van der Waals surface area contributed by atoms with Crippen LogP contribution in [0.25, 0.3) is 0 Å². The van der Waals surface area contributed by atoms with Gasteiger partial charge in [0.25, 0.3) is 0 Å². The van der Waals surface area contributed by atoms with Gasteiger partial charge in [-0.25, -0.2) is 13.1 Å². The molecule has 24 heavy (non-hydrogen) atoms. The SMILES string of the molecule is CCCCCCN=C(N)NCCS(=O)(=O)NCC1CCCCO1.I. The van der Waals surface area contributed by atoms with Crippen LogP contribution in [0.3, 0.4) is 0 Å². The second-order valence-electron chi connectivity index (χ2n) is 5.91. The Morgan fingerprint density at radius 3 is 2.75 bits per heavy atom. The summed E-state index contributed by atoms with van der Waals surface area (Å²) in [6.07, 6.45) is 7.63. The molecule has 0 aromatic heterocycles. The summed E-state index contributed by atoms with van der Waals surface area (Å²) in [6.45, 7) is 4.17. The molecule has 0 radical (unpaired) electrons. The average molecular weight is 476 g/mol. The average Bonchev–Trinajstić information content (AvgIpc) is 2.54. The number of nitrogens with zero attached hydrogens (tertiary/aromatic N) is 1. The van der Waals surface area contributed by atoms with E-state index >= 15 is 0 Å². The zero-order valence-corrected chi connectivity index (χ0v) is 17.8. The number of sulfonamides is 1. The minimum absolute atomic E-state index is 0. The van der Waals surface area contributed by atoms with Crippen molar-refractivity contribution in [1.82, 2.24) is 10.0 Å². The van der Waals surface area contributed by atoms with E-state index in [1.54, 1.807) is 0 Å². The van der Waals surface area contributed by atoms with E-state index < -0.39 is 10.0 Å². The van der Waals surface area contributed by atoms with Gasteiger partial charge < -0.3 is 15.8 Å². The second kappa shape index (κ2) is 14.1. The van der Waals surface area contributed by atoms with E-state index in [1.165, 1.54) is 12.8 Å². The van der Waals surface area contributed by atoms with E-state index in [1.807, 2.05) is 0 Å². The van der Waals surface area contributed by atoms with Gasteiger partial charge in [-0.2, -0.15) is 0 Å². The maximum atomic E-state index is 11.9. The van der Waals surface area contributed by atoms with Gasteiger partial charge in [0.15, 0.2) is 5.96 Å². The van der Waals surface area contributed by atoms with Crippen molar-refractivity contribution in [2.75, 3.05) is 32.0 Å². The molecule has 1 rings (SSSR count). The third-order valence-corrected chi connectivity index (χ3v) is 5.12. The Labute approximate surface area is 163 Å². The smallest absolute Gasteiger partial charge is 0.213 e. The molecule has 7 nitrogen and oxygen atoms in total. The number of guanidine groups is 1. The fraction of sp³-hybridized carbons (Fsp3) is 0.933. The first-order chi connectivity index (χ1) is 11.0. The van der Waals surface area contributed by atoms with E-state index in [0.29, 0.717) is 19.0 Å². The van der Waals surface area contributed by atoms with Crippen molar-refractivity contribution < 1.29 is 13.2 Å². The molecule has 0 spiro atoms. The molecular formula is C15H33IN4O3S. The number of hydrogen-bond donors (Lipinski definition) is 3. The van der Waals surface area contributed by atoms with Crippen molar-refractivity contribution in [2.24, 2.45) is 10.7 Å². The number of nitrogens with one attached hydrogen (secondary N) is 2. The van der Waals surface area contributed by atoms with Crippen LogP contribution in [0.15, 0.2) is 4.99 Å². The lowest BCUT2D eigenvalue weighted by Crippen LogP contribution is -2.40. The molecule has 1 saturated heterocycles. The standard InChI is InChI=1S/C15H32N4O3S.HI/c1-2-3-4-6-9-17-15(16)18-10-12-23(20,21)19-13-14-8-5-7-11-22-14;/h14,19H,2-13H2,1H3,(H3,16,17,18);1H. The van der Waals surface area contributed by atoms with Gasteiger partial charge in [0.05, 0.1) is 11.9 Å². The number of nitrogens with two attached hydrogens (primary N) is 1. The molecule has 4 N–H and O–H groups in total. The monoisotopic (exact) mass is 476 g/mol. The van der Waals surface area contributed by atoms with E-state index in [2.05, 4.69) is 22.0 Å². The third-order valence-electron chi connectivity index (χ3n) is 3.78. The Hall–Kier alpha value is -0.130.